The first-order chi connectivity index (χ1) is 14.6. The number of carboxylic acid groups (broad SMARTS) is 2. The van der Waals surface area contributed by atoms with Gasteiger partial charge in [0, 0.05) is 22.8 Å². The van der Waals surface area contributed by atoms with Crippen molar-refractivity contribution in [2.24, 2.45) is 11.5 Å². The number of fused-ring (bicyclic) bond motifs is 2. The third kappa shape index (κ3) is 5.24. The quantitative estimate of drug-likeness (QED) is 0.307. The first kappa shape index (κ1) is 23.5. The van der Waals surface area contributed by atoms with Crippen molar-refractivity contribution >= 4 is 23.5 Å². The number of aromatic hydroxyl groups is 2. The molecule has 10 heteroatoms. The molecule has 0 heterocycles. The summed E-state index contributed by atoms with van der Waals surface area (Å²) in [6, 6.07) is 4.91. The Balaban J connectivity index is 0.000000291. The Kier molecular flexibility index (Phi) is 7.46. The Morgan fingerprint density at radius 2 is 1.58 bits per heavy atom. The summed E-state index contributed by atoms with van der Waals surface area (Å²) >= 11 is 0. The van der Waals surface area contributed by atoms with E-state index in [-0.39, 0.29) is 33.6 Å². The molecule has 0 bridgehead atoms. The van der Waals surface area contributed by atoms with Gasteiger partial charge in [-0.05, 0) is 43.7 Å². The highest BCUT2D eigenvalue weighted by Gasteiger charge is 2.33. The maximum Gasteiger partial charge on any atom is 0.335 e. The second kappa shape index (κ2) is 9.83. The average molecular weight is 430 g/mol. The van der Waals surface area contributed by atoms with Crippen LogP contribution in [0, 0.1) is 0 Å². The van der Waals surface area contributed by atoms with Gasteiger partial charge in [-0.1, -0.05) is 6.42 Å². The van der Waals surface area contributed by atoms with Gasteiger partial charge in [0.05, 0.1) is 11.1 Å². The highest BCUT2D eigenvalue weighted by Crippen LogP contribution is 2.35. The second-order valence-corrected chi connectivity index (χ2v) is 6.84. The van der Waals surface area contributed by atoms with Crippen molar-refractivity contribution in [2.75, 3.05) is 6.54 Å². The van der Waals surface area contributed by atoms with Crippen LogP contribution in [0.4, 0.5) is 0 Å². The SMILES string of the molecule is NCCCCC(N)C(=O)O.O=C(O)c1ccc2c(c1)C(=O)c1cc(O)cc(O)c1C2=O. The molecule has 8 N–H and O–H groups in total. The van der Waals surface area contributed by atoms with Crippen molar-refractivity contribution in [3.63, 3.8) is 0 Å². The first-order valence-electron chi connectivity index (χ1n) is 9.29. The number of hydrogen-bond donors (Lipinski definition) is 6. The van der Waals surface area contributed by atoms with E-state index < -0.39 is 35.3 Å². The molecule has 0 radical (unpaired) electrons. The number of rotatable bonds is 6. The Hall–Kier alpha value is -3.76. The molecule has 10 nitrogen and oxygen atoms in total. The fourth-order valence-electron chi connectivity index (χ4n) is 3.00. The normalized spacial score (nSPS) is 12.8. The average Bonchev–Trinajstić information content (AvgIpc) is 2.71. The molecule has 1 aliphatic rings. The lowest BCUT2D eigenvalue weighted by Crippen LogP contribution is -2.29. The lowest BCUT2D eigenvalue weighted by molar-refractivity contribution is -0.138. The van der Waals surface area contributed by atoms with Gasteiger partial charge in [0.1, 0.15) is 17.5 Å². The Morgan fingerprint density at radius 1 is 0.903 bits per heavy atom. The second-order valence-electron chi connectivity index (χ2n) is 6.84. The van der Waals surface area contributed by atoms with E-state index in [0.717, 1.165) is 31.0 Å². The number of aromatic carboxylic acids is 1. The highest BCUT2D eigenvalue weighted by atomic mass is 16.4. The number of phenolic OH excluding ortho intramolecular Hbond substituents is 2. The standard InChI is InChI=1S/C15H8O6.C6H14N2O2/c16-7-4-10-12(11(17)5-7)14(19)8-2-1-6(15(20)21)3-9(8)13(10)18;7-4-2-1-3-5(8)6(9)10/h1-5,16-17H,(H,20,21);5H,1-4,7-8H2,(H,9,10). The van der Waals surface area contributed by atoms with Crippen LogP contribution in [-0.2, 0) is 4.79 Å². The minimum atomic E-state index is -1.22. The van der Waals surface area contributed by atoms with Crippen molar-refractivity contribution in [2.45, 2.75) is 25.3 Å². The summed E-state index contributed by atoms with van der Waals surface area (Å²) in [5.74, 6) is -4.20. The molecule has 2 aromatic rings. The molecule has 1 unspecified atom stereocenters. The van der Waals surface area contributed by atoms with Crippen LogP contribution in [0.25, 0.3) is 0 Å². The topological polar surface area (TPSA) is 201 Å². The molecule has 164 valence electrons. The smallest absolute Gasteiger partial charge is 0.335 e. The molecule has 31 heavy (non-hydrogen) atoms. The number of aliphatic carboxylic acids is 1. The number of hydrogen-bond acceptors (Lipinski definition) is 8. The molecule has 1 aliphatic carbocycles. The van der Waals surface area contributed by atoms with E-state index in [9.17, 15) is 29.4 Å². The third-order valence-electron chi connectivity index (χ3n) is 4.62. The summed E-state index contributed by atoms with van der Waals surface area (Å²) in [5, 5.41) is 36.5. The van der Waals surface area contributed by atoms with Gasteiger partial charge in [-0.2, -0.15) is 0 Å². The molecule has 2 aromatic carbocycles. The predicted octanol–water partition coefficient (Wildman–Crippen LogP) is 1.10. The lowest BCUT2D eigenvalue weighted by atomic mass is 9.82. The zero-order valence-electron chi connectivity index (χ0n) is 16.4. The van der Waals surface area contributed by atoms with Crippen LogP contribution in [0.15, 0.2) is 30.3 Å². The van der Waals surface area contributed by atoms with E-state index in [1.54, 1.807) is 0 Å². The molecule has 3 rings (SSSR count). The summed E-state index contributed by atoms with van der Waals surface area (Å²) in [5.41, 5.74) is 9.93. The van der Waals surface area contributed by atoms with E-state index in [2.05, 4.69) is 0 Å². The van der Waals surface area contributed by atoms with Crippen LogP contribution in [-0.4, -0.2) is 56.5 Å². The Morgan fingerprint density at radius 3 is 2.16 bits per heavy atom. The van der Waals surface area contributed by atoms with Gasteiger partial charge in [-0.25, -0.2) is 4.79 Å². The van der Waals surface area contributed by atoms with Crippen molar-refractivity contribution in [3.8, 4) is 11.5 Å². The molecule has 0 aliphatic heterocycles. The maximum absolute atomic E-state index is 12.4. The monoisotopic (exact) mass is 430 g/mol. The number of carbonyl (C=O) groups is 4. The summed E-state index contributed by atoms with van der Waals surface area (Å²) in [6.45, 7) is 0.604. The Bertz CT molecular complexity index is 1050. The number of ketones is 2. The van der Waals surface area contributed by atoms with Crippen molar-refractivity contribution in [1.29, 1.82) is 0 Å². The maximum atomic E-state index is 12.4. The minimum Gasteiger partial charge on any atom is -0.508 e. The first-order valence-corrected chi connectivity index (χ1v) is 9.29. The number of phenols is 2. The van der Waals surface area contributed by atoms with Gasteiger partial charge < -0.3 is 31.9 Å². The van der Waals surface area contributed by atoms with Crippen LogP contribution < -0.4 is 11.5 Å². The largest absolute Gasteiger partial charge is 0.508 e. The fraction of sp³-hybridized carbons (Fsp3) is 0.238. The van der Waals surface area contributed by atoms with Crippen molar-refractivity contribution in [1.82, 2.24) is 0 Å². The molecule has 0 aromatic heterocycles. The molecule has 0 spiro atoms. The zero-order chi connectivity index (χ0) is 23.3. The number of carbonyl (C=O) groups excluding carboxylic acids is 2. The van der Waals surface area contributed by atoms with Crippen molar-refractivity contribution < 1.29 is 39.6 Å². The fourth-order valence-corrected chi connectivity index (χ4v) is 3.00. The molecule has 0 amide bonds. The van der Waals surface area contributed by atoms with Gasteiger partial charge in [0.15, 0.2) is 11.6 Å². The van der Waals surface area contributed by atoms with Crippen LogP contribution in [0.1, 0.15) is 61.5 Å². The van der Waals surface area contributed by atoms with Gasteiger partial charge in [-0.15, -0.1) is 0 Å². The van der Waals surface area contributed by atoms with Gasteiger partial charge in [-0.3, -0.25) is 14.4 Å². The highest BCUT2D eigenvalue weighted by molar-refractivity contribution is 6.29. The number of benzene rings is 2. The van der Waals surface area contributed by atoms with E-state index in [4.69, 9.17) is 21.7 Å². The lowest BCUT2D eigenvalue weighted by Gasteiger charge is -2.18. The summed E-state index contributed by atoms with van der Waals surface area (Å²) < 4.78 is 0. The molecule has 0 saturated heterocycles. The van der Waals surface area contributed by atoms with Gasteiger partial charge in [0.2, 0.25) is 0 Å². The summed E-state index contributed by atoms with van der Waals surface area (Å²) in [4.78, 5) is 45.8. The Labute approximate surface area is 176 Å². The molecular formula is C21H22N2O8. The number of carboxylic acids is 2. The molecular weight excluding hydrogens is 408 g/mol. The van der Waals surface area contributed by atoms with Crippen LogP contribution in [0.3, 0.4) is 0 Å². The van der Waals surface area contributed by atoms with E-state index >= 15 is 0 Å². The van der Waals surface area contributed by atoms with Crippen LogP contribution >= 0.6 is 0 Å². The predicted molar refractivity (Wildman–Crippen MR) is 109 cm³/mol. The molecule has 0 fully saturated rings. The minimum absolute atomic E-state index is 0.0264. The van der Waals surface area contributed by atoms with E-state index in [0.29, 0.717) is 13.0 Å². The van der Waals surface area contributed by atoms with Gasteiger partial charge >= 0.3 is 11.9 Å². The number of nitrogens with two attached hydrogens (primary N) is 2. The zero-order valence-corrected chi connectivity index (χ0v) is 16.4. The van der Waals surface area contributed by atoms with Crippen molar-refractivity contribution in [3.05, 3.63) is 58.1 Å². The molecule has 0 saturated carbocycles. The van der Waals surface area contributed by atoms with Gasteiger partial charge in [0.25, 0.3) is 0 Å². The summed E-state index contributed by atoms with van der Waals surface area (Å²) in [6.07, 6.45) is 2.16. The molecule has 1 atom stereocenters. The van der Waals surface area contributed by atoms with Crippen LogP contribution in [0.2, 0.25) is 0 Å². The van der Waals surface area contributed by atoms with Crippen LogP contribution in [0.5, 0.6) is 11.5 Å². The summed E-state index contributed by atoms with van der Waals surface area (Å²) in [7, 11) is 0. The van der Waals surface area contributed by atoms with E-state index in [1.807, 2.05) is 0 Å². The van der Waals surface area contributed by atoms with E-state index in [1.165, 1.54) is 12.1 Å². The third-order valence-corrected chi connectivity index (χ3v) is 4.62. The number of unbranched alkanes of at least 4 members (excludes halogenated alkanes) is 1.